The third-order valence-corrected chi connectivity index (χ3v) is 3.58. The Morgan fingerprint density at radius 2 is 2.24 bits per heavy atom. The van der Waals surface area contributed by atoms with Gasteiger partial charge in [0, 0.05) is 25.2 Å². The van der Waals surface area contributed by atoms with Gasteiger partial charge in [0.25, 0.3) is 0 Å². The van der Waals surface area contributed by atoms with Crippen LogP contribution in [0.1, 0.15) is 45.4 Å². The monoisotopic (exact) mass is 239 g/mol. The third-order valence-electron chi connectivity index (χ3n) is 3.58. The Bertz CT molecular complexity index is 247. The average Bonchev–Trinajstić information content (AvgIpc) is 2.98. The number of carbonyl (C=O) groups excluding carboxylic acids is 1. The van der Waals surface area contributed by atoms with Crippen LogP contribution in [0.4, 0.5) is 4.79 Å². The molecule has 4 heteroatoms. The first-order valence-corrected chi connectivity index (χ1v) is 7.08. The maximum absolute atomic E-state index is 12.1. The van der Waals surface area contributed by atoms with E-state index in [2.05, 4.69) is 17.6 Å². The summed E-state index contributed by atoms with van der Waals surface area (Å²) in [6, 6.07) is 1.12. The first-order chi connectivity index (χ1) is 8.29. The number of hydrogen-bond donors (Lipinski definition) is 2. The number of nitrogens with one attached hydrogen (secondary N) is 2. The van der Waals surface area contributed by atoms with E-state index < -0.39 is 0 Å². The number of hydrogen-bond acceptors (Lipinski definition) is 2. The molecule has 1 unspecified atom stereocenters. The molecule has 0 radical (unpaired) electrons. The molecule has 1 saturated carbocycles. The quantitative estimate of drug-likeness (QED) is 0.741. The van der Waals surface area contributed by atoms with Gasteiger partial charge in [-0.1, -0.05) is 13.3 Å². The molecule has 2 fully saturated rings. The van der Waals surface area contributed by atoms with Crippen molar-refractivity contribution in [1.29, 1.82) is 0 Å². The highest BCUT2D eigenvalue weighted by Gasteiger charge is 2.27. The van der Waals surface area contributed by atoms with E-state index in [-0.39, 0.29) is 6.03 Å². The lowest BCUT2D eigenvalue weighted by atomic mass is 10.2. The SMILES string of the molecule is CCCCN(CC1CCCN1)C(=O)NC1CC1. The molecular weight excluding hydrogens is 214 g/mol. The Morgan fingerprint density at radius 3 is 2.82 bits per heavy atom. The zero-order valence-electron chi connectivity index (χ0n) is 10.9. The van der Waals surface area contributed by atoms with Crippen molar-refractivity contribution < 1.29 is 4.79 Å². The highest BCUT2D eigenvalue weighted by Crippen LogP contribution is 2.19. The molecule has 98 valence electrons. The van der Waals surface area contributed by atoms with Crippen LogP contribution in [0.3, 0.4) is 0 Å². The Balaban J connectivity index is 1.79. The van der Waals surface area contributed by atoms with E-state index in [1.807, 2.05) is 4.90 Å². The molecule has 0 aromatic heterocycles. The van der Waals surface area contributed by atoms with Crippen LogP contribution in [-0.4, -0.2) is 42.6 Å². The minimum absolute atomic E-state index is 0.148. The van der Waals surface area contributed by atoms with Gasteiger partial charge in [-0.15, -0.1) is 0 Å². The zero-order chi connectivity index (χ0) is 12.1. The third kappa shape index (κ3) is 4.19. The van der Waals surface area contributed by atoms with Gasteiger partial charge in [0.05, 0.1) is 0 Å². The van der Waals surface area contributed by atoms with Crippen LogP contribution in [-0.2, 0) is 0 Å². The number of urea groups is 1. The summed E-state index contributed by atoms with van der Waals surface area (Å²) in [7, 11) is 0. The smallest absolute Gasteiger partial charge is 0.317 e. The van der Waals surface area contributed by atoms with E-state index in [9.17, 15) is 4.79 Å². The van der Waals surface area contributed by atoms with E-state index in [0.29, 0.717) is 12.1 Å². The largest absolute Gasteiger partial charge is 0.335 e. The summed E-state index contributed by atoms with van der Waals surface area (Å²) in [5.74, 6) is 0. The van der Waals surface area contributed by atoms with E-state index in [4.69, 9.17) is 0 Å². The number of nitrogens with zero attached hydrogens (tertiary/aromatic N) is 1. The van der Waals surface area contributed by atoms with Crippen LogP contribution < -0.4 is 10.6 Å². The summed E-state index contributed by atoms with van der Waals surface area (Å²) >= 11 is 0. The number of rotatable bonds is 6. The molecule has 0 spiro atoms. The maximum atomic E-state index is 12.1. The second-order valence-corrected chi connectivity index (χ2v) is 5.32. The Hall–Kier alpha value is -0.770. The Morgan fingerprint density at radius 1 is 1.41 bits per heavy atom. The van der Waals surface area contributed by atoms with Gasteiger partial charge in [0.2, 0.25) is 0 Å². The lowest BCUT2D eigenvalue weighted by molar-refractivity contribution is 0.191. The minimum atomic E-state index is 0.148. The van der Waals surface area contributed by atoms with Crippen molar-refractivity contribution in [2.75, 3.05) is 19.6 Å². The fourth-order valence-electron chi connectivity index (χ4n) is 2.30. The first-order valence-electron chi connectivity index (χ1n) is 7.08. The van der Waals surface area contributed by atoms with E-state index in [1.165, 1.54) is 12.8 Å². The number of carbonyl (C=O) groups is 1. The lowest BCUT2D eigenvalue weighted by Crippen LogP contribution is -2.46. The van der Waals surface area contributed by atoms with Crippen LogP contribution in [0.15, 0.2) is 0 Å². The van der Waals surface area contributed by atoms with Gasteiger partial charge < -0.3 is 15.5 Å². The van der Waals surface area contributed by atoms with E-state index >= 15 is 0 Å². The van der Waals surface area contributed by atoms with Gasteiger partial charge in [-0.05, 0) is 38.6 Å². The molecule has 2 amide bonds. The van der Waals surface area contributed by atoms with Gasteiger partial charge >= 0.3 is 6.03 Å². The van der Waals surface area contributed by atoms with Gasteiger partial charge in [-0.25, -0.2) is 4.79 Å². The standard InChI is InChI=1S/C13H25N3O/c1-2-3-9-16(10-12-5-4-8-14-12)13(17)15-11-6-7-11/h11-12,14H,2-10H2,1H3,(H,15,17). The second kappa shape index (κ2) is 6.24. The van der Waals surface area contributed by atoms with Crippen molar-refractivity contribution in [1.82, 2.24) is 15.5 Å². The highest BCUT2D eigenvalue weighted by atomic mass is 16.2. The van der Waals surface area contributed by atoms with Crippen molar-refractivity contribution in [3.8, 4) is 0 Å². The van der Waals surface area contributed by atoms with E-state index in [1.54, 1.807) is 0 Å². The first kappa shape index (κ1) is 12.7. The fourth-order valence-corrected chi connectivity index (χ4v) is 2.30. The lowest BCUT2D eigenvalue weighted by Gasteiger charge is -2.26. The molecule has 1 heterocycles. The molecule has 0 aromatic carbocycles. The fraction of sp³-hybridized carbons (Fsp3) is 0.923. The number of unbranched alkanes of at least 4 members (excludes halogenated alkanes) is 1. The van der Waals surface area contributed by atoms with Crippen LogP contribution in [0.25, 0.3) is 0 Å². The van der Waals surface area contributed by atoms with Gasteiger partial charge in [0.15, 0.2) is 0 Å². The van der Waals surface area contributed by atoms with Crippen LogP contribution in [0.5, 0.6) is 0 Å². The topological polar surface area (TPSA) is 44.4 Å². The molecular formula is C13H25N3O. The molecule has 0 aromatic rings. The van der Waals surface area contributed by atoms with Crippen molar-refractivity contribution in [2.45, 2.75) is 57.5 Å². The van der Waals surface area contributed by atoms with Crippen molar-refractivity contribution in [3.63, 3.8) is 0 Å². The van der Waals surface area contributed by atoms with Crippen molar-refractivity contribution >= 4 is 6.03 Å². The molecule has 2 aliphatic rings. The van der Waals surface area contributed by atoms with E-state index in [0.717, 1.165) is 45.3 Å². The molecule has 1 saturated heterocycles. The number of amides is 2. The van der Waals surface area contributed by atoms with Gasteiger partial charge in [-0.2, -0.15) is 0 Å². The van der Waals surface area contributed by atoms with Crippen LogP contribution >= 0.6 is 0 Å². The highest BCUT2D eigenvalue weighted by molar-refractivity contribution is 5.74. The molecule has 1 atom stereocenters. The predicted octanol–water partition coefficient (Wildman–Crippen LogP) is 1.71. The molecule has 2 N–H and O–H groups in total. The van der Waals surface area contributed by atoms with Gasteiger partial charge in [0.1, 0.15) is 0 Å². The molecule has 0 bridgehead atoms. The minimum Gasteiger partial charge on any atom is -0.335 e. The Labute approximate surface area is 104 Å². The molecule has 2 rings (SSSR count). The maximum Gasteiger partial charge on any atom is 0.317 e. The molecule has 1 aliphatic heterocycles. The summed E-state index contributed by atoms with van der Waals surface area (Å²) in [6.45, 7) is 5.05. The molecule has 4 nitrogen and oxygen atoms in total. The summed E-state index contributed by atoms with van der Waals surface area (Å²) < 4.78 is 0. The van der Waals surface area contributed by atoms with Crippen molar-refractivity contribution in [2.24, 2.45) is 0 Å². The predicted molar refractivity (Wildman–Crippen MR) is 69.1 cm³/mol. The zero-order valence-corrected chi connectivity index (χ0v) is 10.9. The molecule has 17 heavy (non-hydrogen) atoms. The molecule has 1 aliphatic carbocycles. The van der Waals surface area contributed by atoms with Gasteiger partial charge in [-0.3, -0.25) is 0 Å². The van der Waals surface area contributed by atoms with Crippen LogP contribution in [0, 0.1) is 0 Å². The normalized spacial score (nSPS) is 23.7. The summed E-state index contributed by atoms with van der Waals surface area (Å²) in [5.41, 5.74) is 0. The second-order valence-electron chi connectivity index (χ2n) is 5.32. The van der Waals surface area contributed by atoms with Crippen molar-refractivity contribution in [3.05, 3.63) is 0 Å². The van der Waals surface area contributed by atoms with Crippen LogP contribution in [0.2, 0.25) is 0 Å². The average molecular weight is 239 g/mol. The summed E-state index contributed by atoms with van der Waals surface area (Å²) in [5, 5.41) is 6.56. The Kier molecular flexibility index (Phi) is 4.66. The summed E-state index contributed by atoms with van der Waals surface area (Å²) in [4.78, 5) is 14.1. The summed E-state index contributed by atoms with van der Waals surface area (Å²) in [6.07, 6.45) is 7.02.